The highest BCUT2D eigenvalue weighted by Gasteiger charge is 2.30. The number of hydrogen-bond donors (Lipinski definition) is 0. The van der Waals surface area contributed by atoms with Gasteiger partial charge in [0.2, 0.25) is 5.95 Å². The van der Waals surface area contributed by atoms with Crippen LogP contribution in [-0.4, -0.2) is 28.4 Å². The van der Waals surface area contributed by atoms with Crippen LogP contribution in [0.25, 0.3) is 10.9 Å². The maximum absolute atomic E-state index is 5.84. The quantitative estimate of drug-likeness (QED) is 0.778. The van der Waals surface area contributed by atoms with Crippen LogP contribution in [0, 0.1) is 0 Å². The first kappa shape index (κ1) is 10.8. The molecule has 1 saturated carbocycles. The molecule has 0 aliphatic heterocycles. The number of nitrogens with zero attached hydrogens (tertiary/aromatic N) is 3. The SMILES string of the molecule is ClCCN(c1ncc2ccccc2n1)C1CC1. The molecule has 3 rings (SSSR count). The van der Waals surface area contributed by atoms with Gasteiger partial charge >= 0.3 is 0 Å². The lowest BCUT2D eigenvalue weighted by Crippen LogP contribution is -2.29. The van der Waals surface area contributed by atoms with E-state index in [4.69, 9.17) is 11.6 Å². The highest BCUT2D eigenvalue weighted by molar-refractivity contribution is 6.18. The average Bonchev–Trinajstić information content (AvgIpc) is 3.20. The first-order valence-corrected chi connectivity index (χ1v) is 6.46. The minimum atomic E-state index is 0.593. The number of para-hydroxylation sites is 1. The van der Waals surface area contributed by atoms with E-state index in [9.17, 15) is 0 Å². The van der Waals surface area contributed by atoms with Gasteiger partial charge in [0.1, 0.15) is 0 Å². The Morgan fingerprint density at radius 1 is 1.29 bits per heavy atom. The van der Waals surface area contributed by atoms with E-state index < -0.39 is 0 Å². The molecule has 0 spiro atoms. The predicted octanol–water partition coefficient (Wildman–Crippen LogP) is 2.84. The van der Waals surface area contributed by atoms with Gasteiger partial charge < -0.3 is 4.90 Å². The van der Waals surface area contributed by atoms with Crippen molar-refractivity contribution < 1.29 is 0 Å². The van der Waals surface area contributed by atoms with Gasteiger partial charge in [0.25, 0.3) is 0 Å². The standard InChI is InChI=1S/C13H14ClN3/c14-7-8-17(11-5-6-11)13-15-9-10-3-1-2-4-12(10)16-13/h1-4,9,11H,5-8H2. The normalized spacial score (nSPS) is 15.1. The zero-order valence-corrected chi connectivity index (χ0v) is 10.3. The van der Waals surface area contributed by atoms with E-state index in [-0.39, 0.29) is 0 Å². The van der Waals surface area contributed by atoms with E-state index in [0.717, 1.165) is 23.4 Å². The summed E-state index contributed by atoms with van der Waals surface area (Å²) in [6, 6.07) is 8.65. The topological polar surface area (TPSA) is 29.0 Å². The average molecular weight is 248 g/mol. The van der Waals surface area contributed by atoms with Crippen LogP contribution in [0.3, 0.4) is 0 Å². The molecule has 1 aromatic carbocycles. The van der Waals surface area contributed by atoms with Crippen molar-refractivity contribution in [2.24, 2.45) is 0 Å². The fraction of sp³-hybridized carbons (Fsp3) is 0.385. The van der Waals surface area contributed by atoms with E-state index in [0.29, 0.717) is 11.9 Å². The van der Waals surface area contributed by atoms with Gasteiger partial charge in [-0.3, -0.25) is 0 Å². The third kappa shape index (κ3) is 2.20. The molecule has 2 aromatic rings. The van der Waals surface area contributed by atoms with Crippen LogP contribution in [0.4, 0.5) is 5.95 Å². The summed E-state index contributed by atoms with van der Waals surface area (Å²) in [6.45, 7) is 0.824. The highest BCUT2D eigenvalue weighted by atomic mass is 35.5. The molecule has 0 N–H and O–H groups in total. The second-order valence-corrected chi connectivity index (χ2v) is 4.72. The number of hydrogen-bond acceptors (Lipinski definition) is 3. The molecule has 0 unspecified atom stereocenters. The van der Waals surface area contributed by atoms with Crippen LogP contribution in [-0.2, 0) is 0 Å². The monoisotopic (exact) mass is 247 g/mol. The number of benzene rings is 1. The molecular formula is C13H14ClN3. The van der Waals surface area contributed by atoms with Crippen LogP contribution >= 0.6 is 11.6 Å². The minimum Gasteiger partial charge on any atom is -0.337 e. The molecule has 88 valence electrons. The second kappa shape index (κ2) is 4.49. The van der Waals surface area contributed by atoms with Crippen LogP contribution < -0.4 is 4.90 Å². The summed E-state index contributed by atoms with van der Waals surface area (Å²) < 4.78 is 0. The lowest BCUT2D eigenvalue weighted by atomic mass is 10.2. The Kier molecular flexibility index (Phi) is 2.85. The maximum atomic E-state index is 5.84. The summed E-state index contributed by atoms with van der Waals surface area (Å²) >= 11 is 5.84. The van der Waals surface area contributed by atoms with Gasteiger partial charge in [-0.25, -0.2) is 9.97 Å². The van der Waals surface area contributed by atoms with Crippen LogP contribution in [0.15, 0.2) is 30.5 Å². The third-order valence-electron chi connectivity index (χ3n) is 3.05. The smallest absolute Gasteiger partial charge is 0.226 e. The third-order valence-corrected chi connectivity index (χ3v) is 3.22. The highest BCUT2D eigenvalue weighted by Crippen LogP contribution is 2.30. The molecule has 17 heavy (non-hydrogen) atoms. The number of rotatable bonds is 4. The van der Waals surface area contributed by atoms with Crippen LogP contribution in [0.5, 0.6) is 0 Å². The number of alkyl halides is 1. The Morgan fingerprint density at radius 3 is 2.88 bits per heavy atom. The summed E-state index contributed by atoms with van der Waals surface area (Å²) in [4.78, 5) is 11.3. The van der Waals surface area contributed by atoms with Gasteiger partial charge in [-0.1, -0.05) is 18.2 Å². The van der Waals surface area contributed by atoms with E-state index in [2.05, 4.69) is 14.9 Å². The molecule has 1 aromatic heterocycles. The molecular weight excluding hydrogens is 234 g/mol. The molecule has 0 amide bonds. The molecule has 1 heterocycles. The summed E-state index contributed by atoms with van der Waals surface area (Å²) in [7, 11) is 0. The number of halogens is 1. The molecule has 1 aliphatic carbocycles. The summed E-state index contributed by atoms with van der Waals surface area (Å²) in [5.74, 6) is 1.43. The maximum Gasteiger partial charge on any atom is 0.226 e. The first-order valence-electron chi connectivity index (χ1n) is 5.93. The predicted molar refractivity (Wildman–Crippen MR) is 70.6 cm³/mol. The molecule has 1 fully saturated rings. The lowest BCUT2D eigenvalue weighted by molar-refractivity contribution is 0.794. The van der Waals surface area contributed by atoms with E-state index in [1.54, 1.807) is 0 Å². The van der Waals surface area contributed by atoms with Crippen molar-refractivity contribution in [1.82, 2.24) is 9.97 Å². The fourth-order valence-electron chi connectivity index (χ4n) is 2.02. The molecule has 0 bridgehead atoms. The number of anilines is 1. The van der Waals surface area contributed by atoms with Crippen LogP contribution in [0.2, 0.25) is 0 Å². The zero-order valence-electron chi connectivity index (χ0n) is 9.51. The lowest BCUT2D eigenvalue weighted by Gasteiger charge is -2.21. The fourth-order valence-corrected chi connectivity index (χ4v) is 2.21. The van der Waals surface area contributed by atoms with Gasteiger partial charge in [0.15, 0.2) is 0 Å². The minimum absolute atomic E-state index is 0.593. The molecule has 0 atom stereocenters. The Labute approximate surface area is 105 Å². The first-order chi connectivity index (χ1) is 8.38. The molecule has 1 aliphatic rings. The second-order valence-electron chi connectivity index (χ2n) is 4.34. The Hall–Kier alpha value is -1.35. The van der Waals surface area contributed by atoms with E-state index in [1.165, 1.54) is 12.8 Å². The Morgan fingerprint density at radius 2 is 2.12 bits per heavy atom. The number of aromatic nitrogens is 2. The van der Waals surface area contributed by atoms with Gasteiger partial charge in [0, 0.05) is 30.0 Å². The van der Waals surface area contributed by atoms with Gasteiger partial charge in [-0.05, 0) is 18.9 Å². The van der Waals surface area contributed by atoms with Crippen molar-refractivity contribution in [3.05, 3.63) is 30.5 Å². The van der Waals surface area contributed by atoms with Crippen molar-refractivity contribution in [3.8, 4) is 0 Å². The van der Waals surface area contributed by atoms with Gasteiger partial charge in [0.05, 0.1) is 5.52 Å². The Bertz CT molecular complexity index is 525. The van der Waals surface area contributed by atoms with Crippen molar-refractivity contribution in [2.45, 2.75) is 18.9 Å². The largest absolute Gasteiger partial charge is 0.337 e. The molecule has 4 heteroatoms. The summed E-state index contributed by atoms with van der Waals surface area (Å²) in [6.07, 6.45) is 4.35. The molecule has 0 radical (unpaired) electrons. The van der Waals surface area contributed by atoms with E-state index >= 15 is 0 Å². The van der Waals surface area contributed by atoms with Crippen molar-refractivity contribution in [3.63, 3.8) is 0 Å². The van der Waals surface area contributed by atoms with E-state index in [1.807, 2.05) is 30.5 Å². The van der Waals surface area contributed by atoms with Gasteiger partial charge in [-0.2, -0.15) is 0 Å². The van der Waals surface area contributed by atoms with Crippen molar-refractivity contribution in [2.75, 3.05) is 17.3 Å². The zero-order chi connectivity index (χ0) is 11.7. The molecule has 3 nitrogen and oxygen atoms in total. The van der Waals surface area contributed by atoms with Gasteiger partial charge in [-0.15, -0.1) is 11.6 Å². The summed E-state index contributed by atoms with van der Waals surface area (Å²) in [5.41, 5.74) is 0.998. The molecule has 0 saturated heterocycles. The van der Waals surface area contributed by atoms with Crippen molar-refractivity contribution in [1.29, 1.82) is 0 Å². The Balaban J connectivity index is 1.97. The number of fused-ring (bicyclic) bond motifs is 1. The summed E-state index contributed by atoms with van der Waals surface area (Å²) in [5, 5.41) is 1.08. The van der Waals surface area contributed by atoms with Crippen LogP contribution in [0.1, 0.15) is 12.8 Å². The van der Waals surface area contributed by atoms with Crippen molar-refractivity contribution >= 4 is 28.5 Å².